The second-order valence-corrected chi connectivity index (χ2v) is 16.7. The second-order valence-electron chi connectivity index (χ2n) is 16.7. The average Bonchev–Trinajstić information content (AvgIpc) is 3.11. The Bertz CT molecular complexity index is 483. The standard InChI is InChI=1S/C48H99N/c1-2-3-4-5-6-7-8-9-10-11-12-13-14-15-16-17-18-19-20-21-22-23-24-25-26-27-28-29-30-31-32-33-34-35-36-37-38-39-40-41-42-43-44-45-46-47-48-49/h2-49H2,1H3. The van der Waals surface area contributed by atoms with E-state index in [0.717, 1.165) is 6.54 Å². The SMILES string of the molecule is CCCCCCCCCCCCCCCCCCCCCCCCCCCCCCCCCCCCCCCCCCCCCCCCN. The van der Waals surface area contributed by atoms with Crippen molar-refractivity contribution >= 4 is 0 Å². The number of unbranched alkanes of at least 4 members (excludes halogenated alkanes) is 45. The fraction of sp³-hybridized carbons (Fsp3) is 1.00. The Labute approximate surface area is 313 Å². The van der Waals surface area contributed by atoms with Gasteiger partial charge in [-0.25, -0.2) is 0 Å². The van der Waals surface area contributed by atoms with Crippen molar-refractivity contribution in [3.05, 3.63) is 0 Å². The predicted molar refractivity (Wildman–Crippen MR) is 227 cm³/mol. The number of rotatable bonds is 46. The van der Waals surface area contributed by atoms with Gasteiger partial charge in [-0.3, -0.25) is 0 Å². The van der Waals surface area contributed by atoms with Crippen LogP contribution in [0.3, 0.4) is 0 Å². The van der Waals surface area contributed by atoms with Crippen molar-refractivity contribution in [2.75, 3.05) is 6.54 Å². The van der Waals surface area contributed by atoms with Crippen LogP contribution in [0.15, 0.2) is 0 Å². The van der Waals surface area contributed by atoms with Gasteiger partial charge in [-0.1, -0.05) is 296 Å². The zero-order chi connectivity index (χ0) is 35.2. The van der Waals surface area contributed by atoms with E-state index in [9.17, 15) is 0 Å². The molecule has 0 aliphatic heterocycles. The Morgan fingerprint density at radius 2 is 0.265 bits per heavy atom. The predicted octanol–water partition coefficient (Wildman–Crippen LogP) is 17.9. The third kappa shape index (κ3) is 48.0. The highest BCUT2D eigenvalue weighted by molar-refractivity contribution is 4.54. The van der Waals surface area contributed by atoms with Gasteiger partial charge < -0.3 is 5.73 Å². The van der Waals surface area contributed by atoms with E-state index >= 15 is 0 Å². The van der Waals surface area contributed by atoms with Gasteiger partial charge in [0.1, 0.15) is 0 Å². The van der Waals surface area contributed by atoms with Crippen LogP contribution >= 0.6 is 0 Å². The fourth-order valence-electron chi connectivity index (χ4n) is 8.00. The van der Waals surface area contributed by atoms with Crippen molar-refractivity contribution in [3.63, 3.8) is 0 Å². The summed E-state index contributed by atoms with van der Waals surface area (Å²) >= 11 is 0. The van der Waals surface area contributed by atoms with Gasteiger partial charge in [0.2, 0.25) is 0 Å². The van der Waals surface area contributed by atoms with Gasteiger partial charge >= 0.3 is 0 Å². The number of hydrogen-bond donors (Lipinski definition) is 1. The smallest absolute Gasteiger partial charge is 0.00773 e. The summed E-state index contributed by atoms with van der Waals surface area (Å²) < 4.78 is 0. The van der Waals surface area contributed by atoms with Crippen LogP contribution in [0.4, 0.5) is 0 Å². The van der Waals surface area contributed by atoms with Crippen molar-refractivity contribution in [2.24, 2.45) is 5.73 Å². The molecule has 1 heteroatoms. The zero-order valence-electron chi connectivity index (χ0n) is 34.8. The Balaban J connectivity index is 3.04. The molecule has 0 radical (unpaired) electrons. The molecular formula is C48H99N. The lowest BCUT2D eigenvalue weighted by Gasteiger charge is -2.05. The van der Waals surface area contributed by atoms with Gasteiger partial charge in [-0.15, -0.1) is 0 Å². The molecule has 0 aliphatic rings. The lowest BCUT2D eigenvalue weighted by molar-refractivity contribution is 0.508. The number of hydrogen-bond acceptors (Lipinski definition) is 1. The molecule has 49 heavy (non-hydrogen) atoms. The van der Waals surface area contributed by atoms with Crippen molar-refractivity contribution in [1.82, 2.24) is 0 Å². The van der Waals surface area contributed by atoms with Crippen LogP contribution in [0.5, 0.6) is 0 Å². The topological polar surface area (TPSA) is 26.0 Å². The summed E-state index contributed by atoms with van der Waals surface area (Å²) in [7, 11) is 0. The molecule has 0 spiro atoms. The molecule has 0 amide bonds. The lowest BCUT2D eigenvalue weighted by atomic mass is 10.0. The Morgan fingerprint density at radius 1 is 0.163 bits per heavy atom. The van der Waals surface area contributed by atoms with Crippen LogP contribution in [-0.4, -0.2) is 6.54 Å². The molecule has 296 valence electrons. The van der Waals surface area contributed by atoms with Crippen LogP contribution in [0.2, 0.25) is 0 Å². The molecule has 0 aliphatic carbocycles. The molecule has 0 aromatic heterocycles. The summed E-state index contributed by atoms with van der Waals surface area (Å²) in [6, 6.07) is 0. The molecule has 0 unspecified atom stereocenters. The van der Waals surface area contributed by atoms with E-state index in [1.54, 1.807) is 0 Å². The monoisotopic (exact) mass is 690 g/mol. The first kappa shape index (κ1) is 49.0. The van der Waals surface area contributed by atoms with Crippen molar-refractivity contribution < 1.29 is 0 Å². The first-order valence-electron chi connectivity index (χ1n) is 24.1. The third-order valence-corrected chi connectivity index (χ3v) is 11.6. The Hall–Kier alpha value is -0.0400. The van der Waals surface area contributed by atoms with Gasteiger partial charge in [0.05, 0.1) is 0 Å². The lowest BCUT2D eigenvalue weighted by Crippen LogP contribution is -1.97. The molecular weight excluding hydrogens is 591 g/mol. The molecule has 0 heterocycles. The van der Waals surface area contributed by atoms with Crippen LogP contribution in [0, 0.1) is 0 Å². The third-order valence-electron chi connectivity index (χ3n) is 11.6. The molecule has 2 N–H and O–H groups in total. The van der Waals surface area contributed by atoms with Gasteiger partial charge in [0.15, 0.2) is 0 Å². The quantitative estimate of drug-likeness (QED) is 0.0633. The van der Waals surface area contributed by atoms with Gasteiger partial charge in [0, 0.05) is 0 Å². The van der Waals surface area contributed by atoms with E-state index in [0.29, 0.717) is 0 Å². The zero-order valence-corrected chi connectivity index (χ0v) is 34.8. The van der Waals surface area contributed by atoms with Gasteiger partial charge in [-0.05, 0) is 13.0 Å². The molecule has 0 bridgehead atoms. The normalized spacial score (nSPS) is 11.6. The van der Waals surface area contributed by atoms with E-state index in [1.165, 1.54) is 295 Å². The molecule has 0 aromatic rings. The van der Waals surface area contributed by atoms with Gasteiger partial charge in [0.25, 0.3) is 0 Å². The van der Waals surface area contributed by atoms with E-state index in [2.05, 4.69) is 6.92 Å². The average molecular weight is 690 g/mol. The maximum Gasteiger partial charge on any atom is -0.00773 e. The van der Waals surface area contributed by atoms with Crippen molar-refractivity contribution in [2.45, 2.75) is 302 Å². The molecule has 0 atom stereocenters. The van der Waals surface area contributed by atoms with Crippen LogP contribution in [-0.2, 0) is 0 Å². The highest BCUT2D eigenvalue weighted by atomic mass is 14.5. The minimum absolute atomic E-state index is 0.875. The number of nitrogens with two attached hydrogens (primary N) is 1. The van der Waals surface area contributed by atoms with Gasteiger partial charge in [-0.2, -0.15) is 0 Å². The van der Waals surface area contributed by atoms with E-state index in [4.69, 9.17) is 5.73 Å². The summed E-state index contributed by atoms with van der Waals surface area (Å²) in [5.74, 6) is 0. The summed E-state index contributed by atoms with van der Waals surface area (Å²) in [4.78, 5) is 0. The minimum atomic E-state index is 0.875. The Kier molecular flexibility index (Phi) is 47.9. The largest absolute Gasteiger partial charge is 0.330 e. The first-order valence-corrected chi connectivity index (χ1v) is 24.1. The first-order chi connectivity index (χ1) is 24.4. The Morgan fingerprint density at radius 3 is 0.367 bits per heavy atom. The molecule has 0 aromatic carbocycles. The fourth-order valence-corrected chi connectivity index (χ4v) is 8.00. The van der Waals surface area contributed by atoms with Crippen LogP contribution < -0.4 is 5.73 Å². The molecule has 0 saturated heterocycles. The van der Waals surface area contributed by atoms with E-state index in [-0.39, 0.29) is 0 Å². The van der Waals surface area contributed by atoms with E-state index in [1.807, 2.05) is 0 Å². The summed E-state index contributed by atoms with van der Waals surface area (Å²) in [6.45, 7) is 3.19. The van der Waals surface area contributed by atoms with Crippen LogP contribution in [0.1, 0.15) is 302 Å². The molecule has 1 nitrogen and oxygen atoms in total. The summed E-state index contributed by atoms with van der Waals surface area (Å²) in [5, 5.41) is 0. The highest BCUT2D eigenvalue weighted by Gasteiger charge is 1.98. The maximum atomic E-state index is 5.56. The van der Waals surface area contributed by atoms with Crippen molar-refractivity contribution in [3.8, 4) is 0 Å². The minimum Gasteiger partial charge on any atom is -0.330 e. The molecule has 0 rings (SSSR count). The summed E-state index contributed by atoms with van der Waals surface area (Å²) in [6.07, 6.45) is 67.8. The van der Waals surface area contributed by atoms with Crippen LogP contribution in [0.25, 0.3) is 0 Å². The van der Waals surface area contributed by atoms with Crippen molar-refractivity contribution in [1.29, 1.82) is 0 Å². The summed E-state index contributed by atoms with van der Waals surface area (Å²) in [5.41, 5.74) is 5.56. The highest BCUT2D eigenvalue weighted by Crippen LogP contribution is 2.18. The molecule has 0 saturated carbocycles. The second kappa shape index (κ2) is 48.0. The maximum absolute atomic E-state index is 5.56. The molecule has 0 fully saturated rings. The van der Waals surface area contributed by atoms with E-state index < -0.39 is 0 Å².